The van der Waals surface area contributed by atoms with Crippen LogP contribution in [0.2, 0.25) is 0 Å². The van der Waals surface area contributed by atoms with Gasteiger partial charge in [-0.25, -0.2) is 4.39 Å². The second kappa shape index (κ2) is 5.72. The average molecular weight is 279 g/mol. The van der Waals surface area contributed by atoms with Crippen LogP contribution in [0.4, 0.5) is 4.39 Å². The van der Waals surface area contributed by atoms with E-state index in [1.165, 1.54) is 11.6 Å². The van der Waals surface area contributed by atoms with Crippen LogP contribution in [0.25, 0.3) is 0 Å². The molecule has 0 aliphatic heterocycles. The van der Waals surface area contributed by atoms with Crippen LogP contribution >= 0.6 is 11.3 Å². The molecule has 2 aromatic rings. The predicted molar refractivity (Wildman–Crippen MR) is 77.2 cm³/mol. The molecule has 2 nitrogen and oxygen atoms in total. The van der Waals surface area contributed by atoms with Crippen molar-refractivity contribution in [3.8, 4) is 5.75 Å². The van der Waals surface area contributed by atoms with Gasteiger partial charge < -0.3 is 10.5 Å². The summed E-state index contributed by atoms with van der Waals surface area (Å²) in [5, 5.41) is 2.03. The first kappa shape index (κ1) is 14.0. The molecule has 2 atom stereocenters. The molecule has 102 valence electrons. The van der Waals surface area contributed by atoms with Crippen molar-refractivity contribution in [3.63, 3.8) is 0 Å². The molecule has 0 saturated carbocycles. The van der Waals surface area contributed by atoms with Gasteiger partial charge in [0.1, 0.15) is 17.7 Å². The van der Waals surface area contributed by atoms with Crippen molar-refractivity contribution in [1.82, 2.24) is 0 Å². The molecular weight excluding hydrogens is 261 g/mol. The van der Waals surface area contributed by atoms with Gasteiger partial charge in [-0.2, -0.15) is 0 Å². The monoisotopic (exact) mass is 279 g/mol. The summed E-state index contributed by atoms with van der Waals surface area (Å²) in [5.74, 6) is 0.422. The van der Waals surface area contributed by atoms with Crippen molar-refractivity contribution in [2.75, 3.05) is 0 Å². The van der Waals surface area contributed by atoms with E-state index >= 15 is 0 Å². The maximum absolute atomic E-state index is 13.3. The van der Waals surface area contributed by atoms with Crippen molar-refractivity contribution in [3.05, 3.63) is 51.5 Å². The van der Waals surface area contributed by atoms with E-state index in [-0.39, 0.29) is 18.0 Å². The zero-order valence-corrected chi connectivity index (χ0v) is 12.1. The second-order valence-corrected chi connectivity index (χ2v) is 5.72. The van der Waals surface area contributed by atoms with Crippen molar-refractivity contribution in [1.29, 1.82) is 0 Å². The van der Waals surface area contributed by atoms with E-state index in [9.17, 15) is 4.39 Å². The Morgan fingerprint density at radius 1 is 1.21 bits per heavy atom. The third-order valence-corrected chi connectivity index (χ3v) is 4.11. The third-order valence-electron chi connectivity index (χ3n) is 3.03. The topological polar surface area (TPSA) is 35.2 Å². The lowest BCUT2D eigenvalue weighted by Gasteiger charge is -2.22. The smallest absolute Gasteiger partial charge is 0.148 e. The van der Waals surface area contributed by atoms with Crippen molar-refractivity contribution in [2.24, 2.45) is 5.73 Å². The number of hydrogen-bond donors (Lipinski definition) is 1. The molecule has 0 bridgehead atoms. The van der Waals surface area contributed by atoms with E-state index < -0.39 is 0 Å². The third kappa shape index (κ3) is 3.14. The van der Waals surface area contributed by atoms with Gasteiger partial charge in [-0.1, -0.05) is 0 Å². The predicted octanol–water partition coefficient (Wildman–Crippen LogP) is 3.97. The molecule has 0 amide bonds. The zero-order valence-electron chi connectivity index (χ0n) is 11.3. The number of nitrogens with two attached hydrogens (primary N) is 1. The van der Waals surface area contributed by atoms with E-state index in [4.69, 9.17) is 10.5 Å². The summed E-state index contributed by atoms with van der Waals surface area (Å²) in [6.07, 6.45) is -0.204. The van der Waals surface area contributed by atoms with Crippen LogP contribution in [-0.4, -0.2) is 6.04 Å². The minimum absolute atomic E-state index is 0.136. The Morgan fingerprint density at radius 2 is 1.95 bits per heavy atom. The van der Waals surface area contributed by atoms with Crippen molar-refractivity contribution >= 4 is 11.3 Å². The molecule has 2 N–H and O–H groups in total. The number of aryl methyl sites for hydroxylation is 2. The van der Waals surface area contributed by atoms with Gasteiger partial charge in [0, 0.05) is 10.9 Å². The summed E-state index contributed by atoms with van der Waals surface area (Å²) in [7, 11) is 0. The molecule has 1 aromatic carbocycles. The highest BCUT2D eigenvalue weighted by Crippen LogP contribution is 2.31. The number of hydrogen-bond acceptors (Lipinski definition) is 3. The second-order valence-electron chi connectivity index (χ2n) is 4.78. The fourth-order valence-electron chi connectivity index (χ4n) is 1.91. The molecule has 1 heterocycles. The van der Waals surface area contributed by atoms with Crippen LogP contribution in [-0.2, 0) is 0 Å². The lowest BCUT2D eigenvalue weighted by atomic mass is 10.1. The number of rotatable bonds is 4. The highest BCUT2D eigenvalue weighted by Gasteiger charge is 2.21. The van der Waals surface area contributed by atoms with Gasteiger partial charge in [-0.15, -0.1) is 11.3 Å². The van der Waals surface area contributed by atoms with Crippen LogP contribution < -0.4 is 10.5 Å². The Morgan fingerprint density at radius 3 is 2.47 bits per heavy atom. The quantitative estimate of drug-likeness (QED) is 0.919. The Bertz CT molecular complexity index is 565. The molecule has 0 fully saturated rings. The summed E-state index contributed by atoms with van der Waals surface area (Å²) in [6.45, 7) is 5.68. The molecule has 0 aliphatic rings. The molecular formula is C15H18FNOS. The molecule has 0 aliphatic carbocycles. The molecule has 1 aromatic heterocycles. The van der Waals surface area contributed by atoms with Crippen molar-refractivity contribution in [2.45, 2.75) is 32.9 Å². The van der Waals surface area contributed by atoms with E-state index in [2.05, 4.69) is 6.07 Å². The zero-order chi connectivity index (χ0) is 14.0. The first-order valence-corrected chi connectivity index (χ1v) is 7.09. The fraction of sp³-hybridized carbons (Fsp3) is 0.333. The fourth-order valence-corrected chi connectivity index (χ4v) is 2.98. The molecule has 19 heavy (non-hydrogen) atoms. The Labute approximate surface area is 117 Å². The molecule has 2 rings (SSSR count). The van der Waals surface area contributed by atoms with Gasteiger partial charge in [0.15, 0.2) is 0 Å². The van der Waals surface area contributed by atoms with E-state index in [1.54, 1.807) is 30.4 Å². The summed E-state index contributed by atoms with van der Waals surface area (Å²) in [6, 6.07) is 6.68. The Balaban J connectivity index is 2.27. The highest BCUT2D eigenvalue weighted by atomic mass is 32.1. The van der Waals surface area contributed by atoms with Gasteiger partial charge in [-0.3, -0.25) is 0 Å². The van der Waals surface area contributed by atoms with Gasteiger partial charge in [0.25, 0.3) is 0 Å². The summed E-state index contributed by atoms with van der Waals surface area (Å²) in [4.78, 5) is 1.12. The average Bonchev–Trinajstić information content (AvgIpc) is 2.76. The van der Waals surface area contributed by atoms with Crippen LogP contribution in [0, 0.1) is 19.7 Å². The van der Waals surface area contributed by atoms with Gasteiger partial charge in [0.2, 0.25) is 0 Å². The number of benzene rings is 1. The summed E-state index contributed by atoms with van der Waals surface area (Å²) < 4.78 is 19.2. The minimum atomic E-state index is -0.225. The number of halogens is 1. The number of ether oxygens (including phenoxy) is 1. The highest BCUT2D eigenvalue weighted by molar-refractivity contribution is 7.10. The van der Waals surface area contributed by atoms with Crippen LogP contribution in [0.3, 0.4) is 0 Å². The first-order valence-electron chi connectivity index (χ1n) is 6.21. The molecule has 0 radical (unpaired) electrons. The number of thiophene rings is 1. The SMILES string of the molecule is Cc1cc(OC(c2sccc2C)C(C)N)ccc1F. The first-order chi connectivity index (χ1) is 8.99. The van der Waals surface area contributed by atoms with Gasteiger partial charge in [0.05, 0.1) is 0 Å². The molecule has 0 spiro atoms. The van der Waals surface area contributed by atoms with E-state index in [0.29, 0.717) is 11.3 Å². The molecule has 4 heteroatoms. The minimum Gasteiger partial charge on any atom is -0.483 e. The van der Waals surface area contributed by atoms with Crippen LogP contribution in [0.15, 0.2) is 29.6 Å². The van der Waals surface area contributed by atoms with Gasteiger partial charge in [-0.05, 0) is 61.5 Å². The Hall–Kier alpha value is -1.39. The van der Waals surface area contributed by atoms with E-state index in [1.807, 2.05) is 19.2 Å². The molecule has 0 saturated heterocycles. The largest absolute Gasteiger partial charge is 0.483 e. The summed E-state index contributed by atoms with van der Waals surface area (Å²) >= 11 is 1.63. The van der Waals surface area contributed by atoms with Gasteiger partial charge >= 0.3 is 0 Å². The maximum atomic E-state index is 13.3. The summed E-state index contributed by atoms with van der Waals surface area (Å²) in [5.41, 5.74) is 7.77. The lowest BCUT2D eigenvalue weighted by Crippen LogP contribution is -2.28. The standard InChI is InChI=1S/C15H18FNOS/c1-9-6-7-19-15(9)14(11(3)17)18-12-4-5-13(16)10(2)8-12/h4-8,11,14H,17H2,1-3H3. The molecule has 2 unspecified atom stereocenters. The van der Waals surface area contributed by atoms with E-state index in [0.717, 1.165) is 4.88 Å². The maximum Gasteiger partial charge on any atom is 0.148 e. The lowest BCUT2D eigenvalue weighted by molar-refractivity contribution is 0.183. The van der Waals surface area contributed by atoms with Crippen molar-refractivity contribution < 1.29 is 9.13 Å². The van der Waals surface area contributed by atoms with Crippen LogP contribution in [0.5, 0.6) is 5.75 Å². The van der Waals surface area contributed by atoms with Crippen LogP contribution in [0.1, 0.15) is 29.0 Å². The Kier molecular flexibility index (Phi) is 4.22. The normalized spacial score (nSPS) is 14.2.